The van der Waals surface area contributed by atoms with Crippen molar-refractivity contribution in [3.8, 4) is 5.75 Å². The summed E-state index contributed by atoms with van der Waals surface area (Å²) in [6, 6.07) is 15.9. The topological polar surface area (TPSA) is 68.5 Å². The molecule has 144 valence electrons. The Bertz CT molecular complexity index is 1050. The number of carbonyl (C=O) groups excluding carboxylic acids is 1. The second-order valence-electron chi connectivity index (χ2n) is 7.22. The number of aromatic nitrogens is 1. The highest BCUT2D eigenvalue weighted by molar-refractivity contribution is 6.30. The van der Waals surface area contributed by atoms with Gasteiger partial charge in [-0.3, -0.25) is 4.79 Å². The number of methoxy groups -OCH3 is 1. The molecule has 2 aromatic carbocycles. The lowest BCUT2D eigenvalue weighted by molar-refractivity contribution is -0.119. The number of hydrogen-bond donors (Lipinski definition) is 1. The first-order valence-electron chi connectivity index (χ1n) is 9.26. The van der Waals surface area contributed by atoms with Gasteiger partial charge in [0.05, 0.1) is 18.5 Å². The molecule has 1 aliphatic rings. The van der Waals surface area contributed by atoms with Crippen molar-refractivity contribution in [3.05, 3.63) is 64.8 Å². The van der Waals surface area contributed by atoms with Crippen LogP contribution in [-0.2, 0) is 11.3 Å². The SMILES string of the molecule is COc1ccc2cc(CN3c4ccccc4[C@H](C(N)=O)C[C@@H]3C)c(Cl)nc2c1. The van der Waals surface area contributed by atoms with E-state index >= 15 is 0 Å². The first-order chi connectivity index (χ1) is 13.5. The van der Waals surface area contributed by atoms with Crippen LogP contribution in [0.3, 0.4) is 0 Å². The zero-order chi connectivity index (χ0) is 19.8. The van der Waals surface area contributed by atoms with Crippen LogP contribution in [0.4, 0.5) is 5.69 Å². The van der Waals surface area contributed by atoms with E-state index in [4.69, 9.17) is 22.1 Å². The number of nitrogens with two attached hydrogens (primary N) is 1. The van der Waals surface area contributed by atoms with Crippen LogP contribution in [0.2, 0.25) is 5.15 Å². The number of anilines is 1. The molecular weight excluding hydrogens is 374 g/mol. The van der Waals surface area contributed by atoms with Crippen molar-refractivity contribution in [2.24, 2.45) is 5.73 Å². The number of halogens is 1. The molecule has 1 aliphatic heterocycles. The third-order valence-electron chi connectivity index (χ3n) is 5.47. The van der Waals surface area contributed by atoms with E-state index in [0.717, 1.165) is 33.5 Å². The molecule has 0 saturated carbocycles. The lowest BCUT2D eigenvalue weighted by atomic mass is 9.85. The summed E-state index contributed by atoms with van der Waals surface area (Å²) in [7, 11) is 1.63. The fraction of sp³-hybridized carbons (Fsp3) is 0.273. The standard InChI is InChI=1S/C22H22ClN3O2/c1-13-9-18(22(24)27)17-5-3-4-6-20(17)26(13)12-15-10-14-7-8-16(28-2)11-19(14)25-21(15)23/h3-8,10-11,13,18H,9,12H2,1-2H3,(H2,24,27)/t13-,18+/m0/s1. The Kier molecular flexibility index (Phi) is 4.85. The smallest absolute Gasteiger partial charge is 0.225 e. The molecule has 0 fully saturated rings. The third kappa shape index (κ3) is 3.27. The predicted octanol–water partition coefficient (Wildman–Crippen LogP) is 4.26. The van der Waals surface area contributed by atoms with Crippen LogP contribution in [0.15, 0.2) is 48.5 Å². The number of para-hydroxylation sites is 1. The molecule has 1 amide bonds. The first-order valence-corrected chi connectivity index (χ1v) is 9.63. The van der Waals surface area contributed by atoms with Crippen molar-refractivity contribution in [1.29, 1.82) is 0 Å². The molecule has 0 unspecified atom stereocenters. The predicted molar refractivity (Wildman–Crippen MR) is 112 cm³/mol. The third-order valence-corrected chi connectivity index (χ3v) is 5.79. The Morgan fingerprint density at radius 2 is 2.07 bits per heavy atom. The van der Waals surface area contributed by atoms with Gasteiger partial charge in [-0.25, -0.2) is 4.98 Å². The van der Waals surface area contributed by atoms with Gasteiger partial charge in [-0.05, 0) is 43.2 Å². The van der Waals surface area contributed by atoms with E-state index in [1.807, 2.05) is 42.5 Å². The van der Waals surface area contributed by atoms with Crippen LogP contribution in [0.25, 0.3) is 10.9 Å². The van der Waals surface area contributed by atoms with Crippen molar-refractivity contribution < 1.29 is 9.53 Å². The van der Waals surface area contributed by atoms with Crippen molar-refractivity contribution in [1.82, 2.24) is 4.98 Å². The van der Waals surface area contributed by atoms with E-state index in [-0.39, 0.29) is 17.9 Å². The van der Waals surface area contributed by atoms with Gasteiger partial charge >= 0.3 is 0 Å². The second-order valence-corrected chi connectivity index (χ2v) is 7.58. The monoisotopic (exact) mass is 395 g/mol. The van der Waals surface area contributed by atoms with E-state index in [0.29, 0.717) is 18.1 Å². The minimum absolute atomic E-state index is 0.148. The highest BCUT2D eigenvalue weighted by Crippen LogP contribution is 2.39. The van der Waals surface area contributed by atoms with Gasteiger partial charge in [-0.15, -0.1) is 0 Å². The van der Waals surface area contributed by atoms with Crippen LogP contribution >= 0.6 is 11.6 Å². The molecule has 0 bridgehead atoms. The number of hydrogen-bond acceptors (Lipinski definition) is 4. The minimum Gasteiger partial charge on any atom is -0.497 e. The number of pyridine rings is 1. The zero-order valence-corrected chi connectivity index (χ0v) is 16.6. The maximum absolute atomic E-state index is 11.9. The number of benzene rings is 2. The van der Waals surface area contributed by atoms with Crippen molar-refractivity contribution in [2.75, 3.05) is 12.0 Å². The number of rotatable bonds is 4. The van der Waals surface area contributed by atoms with E-state index in [9.17, 15) is 4.79 Å². The molecule has 0 radical (unpaired) electrons. The summed E-state index contributed by atoms with van der Waals surface area (Å²) >= 11 is 6.52. The maximum atomic E-state index is 11.9. The molecule has 2 atom stereocenters. The molecule has 0 aliphatic carbocycles. The number of nitrogens with zero attached hydrogens (tertiary/aromatic N) is 2. The van der Waals surface area contributed by atoms with Gasteiger partial charge in [0.25, 0.3) is 0 Å². The van der Waals surface area contributed by atoms with Crippen LogP contribution in [0.5, 0.6) is 5.75 Å². The van der Waals surface area contributed by atoms with Crippen LogP contribution in [0, 0.1) is 0 Å². The molecule has 0 spiro atoms. The highest BCUT2D eigenvalue weighted by Gasteiger charge is 2.33. The lowest BCUT2D eigenvalue weighted by Crippen LogP contribution is -2.41. The molecule has 2 heterocycles. The van der Waals surface area contributed by atoms with Gasteiger partial charge in [0.2, 0.25) is 5.91 Å². The summed E-state index contributed by atoms with van der Waals surface area (Å²) in [6.45, 7) is 2.72. The van der Waals surface area contributed by atoms with Crippen LogP contribution in [0.1, 0.15) is 30.4 Å². The van der Waals surface area contributed by atoms with Gasteiger partial charge < -0.3 is 15.4 Å². The Hall–Kier alpha value is -2.79. The number of ether oxygens (including phenoxy) is 1. The summed E-state index contributed by atoms with van der Waals surface area (Å²) in [4.78, 5) is 18.8. The number of amides is 1. The van der Waals surface area contributed by atoms with E-state index in [2.05, 4.69) is 22.9 Å². The number of fused-ring (bicyclic) bond motifs is 2. The number of carbonyl (C=O) groups is 1. The van der Waals surface area contributed by atoms with Gasteiger partial charge in [0.1, 0.15) is 10.9 Å². The lowest BCUT2D eigenvalue weighted by Gasteiger charge is -2.40. The van der Waals surface area contributed by atoms with Gasteiger partial charge in [-0.2, -0.15) is 0 Å². The Balaban J connectivity index is 1.73. The largest absolute Gasteiger partial charge is 0.497 e. The molecule has 0 saturated heterocycles. The summed E-state index contributed by atoms with van der Waals surface area (Å²) in [5.41, 5.74) is 9.40. The Morgan fingerprint density at radius 1 is 1.29 bits per heavy atom. The number of primary amides is 1. The van der Waals surface area contributed by atoms with Crippen LogP contribution < -0.4 is 15.4 Å². The molecule has 28 heavy (non-hydrogen) atoms. The fourth-order valence-electron chi connectivity index (χ4n) is 3.98. The van der Waals surface area contributed by atoms with Gasteiger partial charge in [-0.1, -0.05) is 29.8 Å². The molecule has 3 aromatic rings. The van der Waals surface area contributed by atoms with E-state index in [1.165, 1.54) is 0 Å². The van der Waals surface area contributed by atoms with Crippen molar-refractivity contribution >= 4 is 34.1 Å². The molecule has 6 heteroatoms. The maximum Gasteiger partial charge on any atom is 0.225 e. The summed E-state index contributed by atoms with van der Waals surface area (Å²) in [5, 5.41) is 1.48. The molecule has 2 N–H and O–H groups in total. The first kappa shape index (κ1) is 18.6. The molecule has 1 aromatic heterocycles. The van der Waals surface area contributed by atoms with Crippen molar-refractivity contribution in [3.63, 3.8) is 0 Å². The Morgan fingerprint density at radius 3 is 2.82 bits per heavy atom. The minimum atomic E-state index is -0.279. The van der Waals surface area contributed by atoms with E-state index < -0.39 is 0 Å². The Labute approximate surface area is 169 Å². The second kappa shape index (κ2) is 7.32. The summed E-state index contributed by atoms with van der Waals surface area (Å²) in [6.07, 6.45) is 0.683. The summed E-state index contributed by atoms with van der Waals surface area (Å²) < 4.78 is 5.27. The molecule has 4 rings (SSSR count). The zero-order valence-electron chi connectivity index (χ0n) is 15.9. The quantitative estimate of drug-likeness (QED) is 0.670. The molecule has 5 nitrogen and oxygen atoms in total. The fourth-order valence-corrected chi connectivity index (χ4v) is 4.18. The highest BCUT2D eigenvalue weighted by atomic mass is 35.5. The normalized spacial score (nSPS) is 18.8. The van der Waals surface area contributed by atoms with Gasteiger partial charge in [0.15, 0.2) is 0 Å². The average molecular weight is 396 g/mol. The van der Waals surface area contributed by atoms with Gasteiger partial charge in [0, 0.05) is 35.3 Å². The summed E-state index contributed by atoms with van der Waals surface area (Å²) in [5.74, 6) is 0.207. The van der Waals surface area contributed by atoms with Crippen LogP contribution in [-0.4, -0.2) is 24.0 Å². The van der Waals surface area contributed by atoms with E-state index in [1.54, 1.807) is 7.11 Å². The van der Waals surface area contributed by atoms with Crippen molar-refractivity contribution in [2.45, 2.75) is 31.8 Å². The average Bonchev–Trinajstić information content (AvgIpc) is 2.69. The molecular formula is C22H22ClN3O2.